The second-order valence-corrected chi connectivity index (χ2v) is 10.1. The summed E-state index contributed by atoms with van der Waals surface area (Å²) in [6, 6.07) is 8.80. The van der Waals surface area contributed by atoms with Gasteiger partial charge in [-0.2, -0.15) is 0 Å². The highest BCUT2D eigenvalue weighted by Crippen LogP contribution is 2.42. The van der Waals surface area contributed by atoms with Crippen molar-refractivity contribution >= 4 is 45.6 Å². The van der Waals surface area contributed by atoms with Crippen LogP contribution in [0.5, 0.6) is 0 Å². The van der Waals surface area contributed by atoms with E-state index in [0.717, 1.165) is 60.9 Å². The first-order valence-corrected chi connectivity index (χ1v) is 13.1. The first kappa shape index (κ1) is 25.6. The average molecular weight is 524 g/mol. The van der Waals surface area contributed by atoms with Crippen molar-refractivity contribution in [2.45, 2.75) is 44.1 Å². The van der Waals surface area contributed by atoms with Gasteiger partial charge >= 0.3 is 0 Å². The Balaban J connectivity index is 1.37. The van der Waals surface area contributed by atoms with Crippen LogP contribution in [0.4, 0.5) is 21.6 Å². The maximum atomic E-state index is 13.6. The number of ether oxygens (including phenoxy) is 1. The summed E-state index contributed by atoms with van der Waals surface area (Å²) < 4.78 is 18.9. The van der Waals surface area contributed by atoms with E-state index in [1.807, 2.05) is 18.2 Å². The molecule has 194 valence electrons. The molecule has 1 amide bonds. The second-order valence-electron chi connectivity index (χ2n) is 9.70. The largest absolute Gasteiger partial charge is 0.383 e. The minimum absolute atomic E-state index is 0.0258. The van der Waals surface area contributed by atoms with E-state index in [4.69, 9.17) is 16.3 Å². The lowest BCUT2D eigenvalue weighted by atomic mass is 9.79. The third-order valence-corrected chi connectivity index (χ3v) is 7.55. The molecule has 1 atom stereocenters. The van der Waals surface area contributed by atoms with Crippen molar-refractivity contribution in [1.82, 2.24) is 14.9 Å². The molecule has 1 aliphatic carbocycles. The zero-order valence-corrected chi connectivity index (χ0v) is 21.6. The van der Waals surface area contributed by atoms with Gasteiger partial charge in [-0.3, -0.25) is 9.69 Å². The lowest BCUT2D eigenvalue weighted by molar-refractivity contribution is -0.111. The zero-order chi connectivity index (χ0) is 25.8. The lowest BCUT2D eigenvalue weighted by Gasteiger charge is -2.28. The molecule has 9 heteroatoms. The summed E-state index contributed by atoms with van der Waals surface area (Å²) in [6.45, 7) is 2.45. The van der Waals surface area contributed by atoms with E-state index < -0.39 is 5.82 Å². The Hall–Kier alpha value is -3.07. The number of benzene rings is 2. The molecule has 5 rings (SSSR count). The summed E-state index contributed by atoms with van der Waals surface area (Å²) in [5.74, 6) is 0.295. The molecule has 1 aromatic heterocycles. The van der Waals surface area contributed by atoms with Crippen LogP contribution < -0.4 is 10.6 Å². The molecule has 2 aromatic carbocycles. The molecule has 1 aliphatic heterocycles. The fourth-order valence-electron chi connectivity index (χ4n) is 5.08. The van der Waals surface area contributed by atoms with Crippen LogP contribution in [0.2, 0.25) is 5.02 Å². The molecule has 2 N–H and O–H groups in total. The highest BCUT2D eigenvalue weighted by molar-refractivity contribution is 6.31. The van der Waals surface area contributed by atoms with Crippen LogP contribution in [-0.4, -0.2) is 53.6 Å². The van der Waals surface area contributed by atoms with E-state index in [-0.39, 0.29) is 10.9 Å². The van der Waals surface area contributed by atoms with E-state index in [9.17, 15) is 9.18 Å². The van der Waals surface area contributed by atoms with Gasteiger partial charge < -0.3 is 15.4 Å². The quantitative estimate of drug-likeness (QED) is 0.333. The number of carbonyl (C=O) groups excluding carboxylic acids is 1. The highest BCUT2D eigenvalue weighted by Gasteiger charge is 2.25. The summed E-state index contributed by atoms with van der Waals surface area (Å²) >= 11 is 5.95. The molecule has 2 heterocycles. The van der Waals surface area contributed by atoms with Crippen molar-refractivity contribution in [1.29, 1.82) is 0 Å². The fraction of sp³-hybridized carbons (Fsp3) is 0.393. The minimum Gasteiger partial charge on any atom is -0.383 e. The molecule has 2 aliphatic rings. The van der Waals surface area contributed by atoms with Crippen molar-refractivity contribution in [2.24, 2.45) is 0 Å². The Bertz CT molecular complexity index is 1310. The van der Waals surface area contributed by atoms with Gasteiger partial charge in [0.1, 0.15) is 18.0 Å². The van der Waals surface area contributed by atoms with Crippen LogP contribution in [0.25, 0.3) is 10.9 Å². The van der Waals surface area contributed by atoms with E-state index >= 15 is 0 Å². The molecule has 3 aromatic rings. The number of fused-ring (bicyclic) bond motifs is 1. The topological polar surface area (TPSA) is 79.4 Å². The van der Waals surface area contributed by atoms with Crippen molar-refractivity contribution in [2.75, 3.05) is 37.4 Å². The molecule has 0 unspecified atom stereocenters. The van der Waals surface area contributed by atoms with Gasteiger partial charge in [0.05, 0.1) is 17.1 Å². The fourth-order valence-corrected chi connectivity index (χ4v) is 5.26. The third kappa shape index (κ3) is 5.92. The van der Waals surface area contributed by atoms with Crippen molar-refractivity contribution in [3.05, 3.63) is 65.2 Å². The number of hydrogen-bond donors (Lipinski definition) is 2. The van der Waals surface area contributed by atoms with Crippen LogP contribution in [0.3, 0.4) is 0 Å². The molecule has 1 saturated heterocycles. The van der Waals surface area contributed by atoms with Gasteiger partial charge in [-0.25, -0.2) is 14.4 Å². The van der Waals surface area contributed by atoms with Gasteiger partial charge in [-0.05, 0) is 74.0 Å². The monoisotopic (exact) mass is 523 g/mol. The van der Waals surface area contributed by atoms with Gasteiger partial charge in [0.2, 0.25) is 5.91 Å². The summed E-state index contributed by atoms with van der Waals surface area (Å²) in [5, 5.41) is 7.09. The number of nitrogens with zero attached hydrogens (tertiary/aromatic N) is 3. The number of amides is 1. The smallest absolute Gasteiger partial charge is 0.248 e. The molecule has 0 radical (unpaired) electrons. The van der Waals surface area contributed by atoms with Crippen molar-refractivity contribution in [3.8, 4) is 0 Å². The number of likely N-dealkylation sites (tertiary alicyclic amines) is 1. The van der Waals surface area contributed by atoms with E-state index in [1.165, 1.54) is 24.9 Å². The highest BCUT2D eigenvalue weighted by atomic mass is 35.5. The molecular weight excluding hydrogens is 493 g/mol. The number of rotatable bonds is 9. The first-order chi connectivity index (χ1) is 18.0. The van der Waals surface area contributed by atoms with Crippen LogP contribution in [0.15, 0.2) is 48.8 Å². The summed E-state index contributed by atoms with van der Waals surface area (Å²) in [7, 11) is 1.73. The second kappa shape index (κ2) is 11.5. The number of methoxy groups -OCH3 is 1. The van der Waals surface area contributed by atoms with Crippen molar-refractivity contribution in [3.63, 3.8) is 0 Å². The summed E-state index contributed by atoms with van der Waals surface area (Å²) in [4.78, 5) is 24.1. The van der Waals surface area contributed by atoms with E-state index in [1.54, 1.807) is 19.3 Å². The number of anilines is 3. The van der Waals surface area contributed by atoms with Crippen LogP contribution in [-0.2, 0) is 9.53 Å². The lowest BCUT2D eigenvalue weighted by Crippen LogP contribution is -2.33. The summed E-state index contributed by atoms with van der Waals surface area (Å²) in [5.41, 5.74) is 3.24. The van der Waals surface area contributed by atoms with Gasteiger partial charge in [0.25, 0.3) is 0 Å². The zero-order valence-electron chi connectivity index (χ0n) is 20.8. The SMILES string of the molecule is COC[C@@H]1CCCN1CC=CC(=O)Nc1cc2c(Nc3ccc(F)c(Cl)c3)ncnc2cc1C1CCC1. The van der Waals surface area contributed by atoms with Gasteiger partial charge in [-0.15, -0.1) is 0 Å². The molecule has 37 heavy (non-hydrogen) atoms. The first-order valence-electron chi connectivity index (χ1n) is 12.7. The number of hydrogen-bond acceptors (Lipinski definition) is 6. The number of halogens is 2. The summed E-state index contributed by atoms with van der Waals surface area (Å²) in [6.07, 6.45) is 10.7. The standard InChI is InChI=1S/C28H31ClFN5O2/c1-37-16-20-7-3-11-35(20)12-4-8-27(36)34-26-15-22-25(14-21(26)18-5-2-6-18)31-17-32-28(22)33-19-9-10-24(30)23(29)13-19/h4,8-10,13-15,17-18,20H,2-3,5-7,11-12,16H2,1H3,(H,34,36)(H,31,32,33)/t20-/m0/s1. The van der Waals surface area contributed by atoms with Crippen LogP contribution >= 0.6 is 11.6 Å². The van der Waals surface area contributed by atoms with E-state index in [0.29, 0.717) is 30.1 Å². The molecule has 0 spiro atoms. The maximum absolute atomic E-state index is 13.6. The maximum Gasteiger partial charge on any atom is 0.248 e. The minimum atomic E-state index is -0.484. The normalized spacial score (nSPS) is 18.4. The van der Waals surface area contributed by atoms with Gasteiger partial charge in [0.15, 0.2) is 0 Å². The molecule has 0 bridgehead atoms. The Morgan fingerprint density at radius 2 is 2.08 bits per heavy atom. The Kier molecular flexibility index (Phi) is 7.98. The molecule has 7 nitrogen and oxygen atoms in total. The molecular formula is C28H31ClFN5O2. The van der Waals surface area contributed by atoms with Crippen molar-refractivity contribution < 1.29 is 13.9 Å². The third-order valence-electron chi connectivity index (χ3n) is 7.26. The number of carbonyl (C=O) groups is 1. The predicted molar refractivity (Wildman–Crippen MR) is 145 cm³/mol. The Morgan fingerprint density at radius 1 is 1.22 bits per heavy atom. The average Bonchev–Trinajstić information content (AvgIpc) is 3.28. The van der Waals surface area contributed by atoms with Crippen LogP contribution in [0.1, 0.15) is 43.6 Å². The van der Waals surface area contributed by atoms with Gasteiger partial charge in [0, 0.05) is 42.5 Å². The van der Waals surface area contributed by atoms with Crippen LogP contribution in [0, 0.1) is 5.82 Å². The Labute approximate surface area is 221 Å². The number of nitrogens with one attached hydrogen (secondary N) is 2. The number of aromatic nitrogens is 2. The molecule has 1 saturated carbocycles. The van der Waals surface area contributed by atoms with E-state index in [2.05, 4.69) is 25.5 Å². The molecule has 2 fully saturated rings. The Morgan fingerprint density at radius 3 is 2.84 bits per heavy atom. The van der Waals surface area contributed by atoms with Gasteiger partial charge in [-0.1, -0.05) is 24.1 Å². The predicted octanol–water partition coefficient (Wildman–Crippen LogP) is 6.04.